The summed E-state index contributed by atoms with van der Waals surface area (Å²) in [5, 5.41) is 10.1. The Labute approximate surface area is 101 Å². The van der Waals surface area contributed by atoms with Crippen molar-refractivity contribution in [3.05, 3.63) is 35.9 Å². The highest BCUT2D eigenvalue weighted by Crippen LogP contribution is 2.31. The highest BCUT2D eigenvalue weighted by Gasteiger charge is 2.34. The van der Waals surface area contributed by atoms with Crippen LogP contribution in [0.5, 0.6) is 0 Å². The molecule has 1 aliphatic heterocycles. The number of hydrogen-bond donors (Lipinski definition) is 1. The predicted molar refractivity (Wildman–Crippen MR) is 63.5 cm³/mol. The summed E-state index contributed by atoms with van der Waals surface area (Å²) in [5.74, 6) is 0. The number of methoxy groups -OCH3 is 1. The fourth-order valence-corrected chi connectivity index (χ4v) is 2.35. The molecule has 1 heterocycles. The molecule has 2 rings (SSSR count). The third-order valence-electron chi connectivity index (χ3n) is 3.15. The van der Waals surface area contributed by atoms with Gasteiger partial charge in [-0.1, -0.05) is 30.3 Å². The molecule has 0 bridgehead atoms. The van der Waals surface area contributed by atoms with E-state index in [1.54, 1.807) is 4.90 Å². The van der Waals surface area contributed by atoms with Crippen LogP contribution >= 0.6 is 0 Å². The topological polar surface area (TPSA) is 49.8 Å². The van der Waals surface area contributed by atoms with Gasteiger partial charge in [-0.2, -0.15) is 0 Å². The van der Waals surface area contributed by atoms with Crippen molar-refractivity contribution >= 4 is 6.09 Å². The first-order valence-electron chi connectivity index (χ1n) is 5.81. The first-order chi connectivity index (χ1) is 8.24. The number of amides is 1. The first kappa shape index (κ1) is 11.9. The van der Waals surface area contributed by atoms with Crippen LogP contribution in [0.1, 0.15) is 24.4 Å². The molecule has 92 valence electrons. The smallest absolute Gasteiger partial charge is 0.410 e. The van der Waals surface area contributed by atoms with Crippen LogP contribution in [0.4, 0.5) is 4.79 Å². The van der Waals surface area contributed by atoms with Crippen molar-refractivity contribution in [1.82, 2.24) is 4.90 Å². The molecule has 0 spiro atoms. The zero-order chi connectivity index (χ0) is 12.3. The Hall–Kier alpha value is -1.55. The summed E-state index contributed by atoms with van der Waals surface area (Å²) >= 11 is 0. The Morgan fingerprint density at radius 3 is 2.76 bits per heavy atom. The molecule has 1 aromatic rings. The van der Waals surface area contributed by atoms with E-state index in [0.717, 1.165) is 12.0 Å². The van der Waals surface area contributed by atoms with Crippen molar-refractivity contribution < 1.29 is 14.6 Å². The molecule has 1 aromatic carbocycles. The van der Waals surface area contributed by atoms with Gasteiger partial charge in [0.1, 0.15) is 0 Å². The lowest BCUT2D eigenvalue weighted by Gasteiger charge is -2.38. The molecular weight excluding hydrogens is 218 g/mol. The minimum Gasteiger partial charge on any atom is -0.453 e. The molecule has 0 aliphatic carbocycles. The van der Waals surface area contributed by atoms with Gasteiger partial charge in [-0.25, -0.2) is 4.79 Å². The molecule has 1 fully saturated rings. The van der Waals surface area contributed by atoms with Crippen LogP contribution in [-0.2, 0) is 4.74 Å². The minimum atomic E-state index is -0.523. The molecule has 4 heteroatoms. The maximum absolute atomic E-state index is 11.7. The van der Waals surface area contributed by atoms with E-state index in [1.807, 2.05) is 30.3 Å². The van der Waals surface area contributed by atoms with Crippen molar-refractivity contribution in [1.29, 1.82) is 0 Å². The van der Waals surface area contributed by atoms with E-state index in [0.29, 0.717) is 13.0 Å². The molecule has 4 nitrogen and oxygen atoms in total. The van der Waals surface area contributed by atoms with Crippen molar-refractivity contribution in [3.8, 4) is 0 Å². The van der Waals surface area contributed by atoms with Gasteiger partial charge in [0.25, 0.3) is 0 Å². The van der Waals surface area contributed by atoms with E-state index in [2.05, 4.69) is 0 Å². The van der Waals surface area contributed by atoms with Crippen LogP contribution in [0.2, 0.25) is 0 Å². The summed E-state index contributed by atoms with van der Waals surface area (Å²) in [7, 11) is 1.37. The Bertz CT molecular complexity index is 380. The molecular formula is C13H17NO3. The SMILES string of the molecule is COC(=O)N1CCC[C@@H](O)[C@H]1c1ccccc1. The summed E-state index contributed by atoms with van der Waals surface area (Å²) in [4.78, 5) is 13.3. The quantitative estimate of drug-likeness (QED) is 0.809. The van der Waals surface area contributed by atoms with Gasteiger partial charge in [0.2, 0.25) is 0 Å². The summed E-state index contributed by atoms with van der Waals surface area (Å²) in [6.07, 6.45) is 0.620. The number of ether oxygens (including phenoxy) is 1. The predicted octanol–water partition coefficient (Wildman–Crippen LogP) is 1.95. The normalized spacial score (nSPS) is 24.5. The number of nitrogens with zero attached hydrogens (tertiary/aromatic N) is 1. The van der Waals surface area contributed by atoms with Crippen LogP contribution in [-0.4, -0.2) is 35.9 Å². The van der Waals surface area contributed by atoms with Crippen LogP contribution in [0.3, 0.4) is 0 Å². The van der Waals surface area contributed by atoms with Crippen LogP contribution in [0.25, 0.3) is 0 Å². The van der Waals surface area contributed by atoms with Crippen molar-refractivity contribution in [2.24, 2.45) is 0 Å². The molecule has 2 atom stereocenters. The number of rotatable bonds is 1. The second-order valence-electron chi connectivity index (χ2n) is 4.23. The summed E-state index contributed by atoms with van der Waals surface area (Å²) < 4.78 is 4.77. The Morgan fingerprint density at radius 1 is 1.41 bits per heavy atom. The molecule has 1 N–H and O–H groups in total. The van der Waals surface area contributed by atoms with E-state index in [1.165, 1.54) is 7.11 Å². The van der Waals surface area contributed by atoms with Gasteiger partial charge in [-0.3, -0.25) is 4.90 Å². The highest BCUT2D eigenvalue weighted by atomic mass is 16.5. The molecule has 1 aliphatic rings. The van der Waals surface area contributed by atoms with Gasteiger partial charge >= 0.3 is 6.09 Å². The molecule has 0 unspecified atom stereocenters. The van der Waals surface area contributed by atoms with Gasteiger partial charge in [-0.15, -0.1) is 0 Å². The lowest BCUT2D eigenvalue weighted by molar-refractivity contribution is 0.00992. The number of aliphatic hydroxyl groups excluding tert-OH is 1. The number of likely N-dealkylation sites (tertiary alicyclic amines) is 1. The molecule has 0 saturated carbocycles. The van der Waals surface area contributed by atoms with Gasteiger partial charge in [0, 0.05) is 6.54 Å². The van der Waals surface area contributed by atoms with Crippen molar-refractivity contribution in [2.45, 2.75) is 25.0 Å². The average molecular weight is 235 g/mol. The molecule has 0 aromatic heterocycles. The maximum atomic E-state index is 11.7. The van der Waals surface area contributed by atoms with Crippen LogP contribution in [0.15, 0.2) is 30.3 Å². The lowest BCUT2D eigenvalue weighted by Crippen LogP contribution is -2.45. The van der Waals surface area contributed by atoms with Crippen molar-refractivity contribution in [2.75, 3.05) is 13.7 Å². The number of carbonyl (C=O) groups is 1. The second-order valence-corrected chi connectivity index (χ2v) is 4.23. The number of piperidine rings is 1. The Kier molecular flexibility index (Phi) is 3.64. The fourth-order valence-electron chi connectivity index (χ4n) is 2.35. The largest absolute Gasteiger partial charge is 0.453 e. The molecule has 1 saturated heterocycles. The third-order valence-corrected chi connectivity index (χ3v) is 3.15. The van der Waals surface area contributed by atoms with E-state index in [-0.39, 0.29) is 12.1 Å². The van der Waals surface area contributed by atoms with Gasteiger partial charge in [-0.05, 0) is 18.4 Å². The summed E-state index contributed by atoms with van der Waals surface area (Å²) in [6.45, 7) is 0.628. The zero-order valence-electron chi connectivity index (χ0n) is 9.87. The molecule has 1 amide bonds. The summed E-state index contributed by atoms with van der Waals surface area (Å²) in [6, 6.07) is 9.29. The zero-order valence-corrected chi connectivity index (χ0v) is 9.87. The van der Waals surface area contributed by atoms with E-state index < -0.39 is 6.10 Å². The number of aliphatic hydroxyl groups is 1. The first-order valence-corrected chi connectivity index (χ1v) is 5.81. The molecule has 0 radical (unpaired) electrons. The highest BCUT2D eigenvalue weighted by molar-refractivity contribution is 5.68. The van der Waals surface area contributed by atoms with Gasteiger partial charge < -0.3 is 9.84 Å². The van der Waals surface area contributed by atoms with E-state index in [9.17, 15) is 9.90 Å². The standard InChI is InChI=1S/C13H17NO3/c1-17-13(16)14-9-5-8-11(15)12(14)10-6-3-2-4-7-10/h2-4,6-7,11-12,15H,5,8-9H2,1H3/t11-,12-/m1/s1. The number of hydrogen-bond acceptors (Lipinski definition) is 3. The van der Waals surface area contributed by atoms with Gasteiger partial charge in [0.05, 0.1) is 19.3 Å². The minimum absolute atomic E-state index is 0.294. The Balaban J connectivity index is 2.28. The molecule has 17 heavy (non-hydrogen) atoms. The average Bonchev–Trinajstić information content (AvgIpc) is 2.38. The van der Waals surface area contributed by atoms with Crippen LogP contribution < -0.4 is 0 Å². The van der Waals surface area contributed by atoms with Crippen molar-refractivity contribution in [3.63, 3.8) is 0 Å². The lowest BCUT2D eigenvalue weighted by atomic mass is 9.93. The monoisotopic (exact) mass is 235 g/mol. The third kappa shape index (κ3) is 2.42. The van der Waals surface area contributed by atoms with E-state index >= 15 is 0 Å². The summed E-state index contributed by atoms with van der Waals surface area (Å²) in [5.41, 5.74) is 0.949. The van der Waals surface area contributed by atoms with Crippen LogP contribution in [0, 0.1) is 0 Å². The Morgan fingerprint density at radius 2 is 2.12 bits per heavy atom. The maximum Gasteiger partial charge on any atom is 0.410 e. The fraction of sp³-hybridized carbons (Fsp3) is 0.462. The van der Waals surface area contributed by atoms with E-state index in [4.69, 9.17) is 4.74 Å². The number of benzene rings is 1. The second kappa shape index (κ2) is 5.19. The number of carbonyl (C=O) groups excluding carboxylic acids is 1. The van der Waals surface area contributed by atoms with Gasteiger partial charge in [0.15, 0.2) is 0 Å².